The molecule has 5 rings (SSSR count). The minimum absolute atomic E-state index is 0.0991. The number of fused-ring (bicyclic) bond motifs is 3. The molecule has 4 heterocycles. The fourth-order valence-electron chi connectivity index (χ4n) is 3.85. The highest BCUT2D eigenvalue weighted by Gasteiger charge is 2.22. The van der Waals surface area contributed by atoms with E-state index in [-0.39, 0.29) is 12.3 Å². The van der Waals surface area contributed by atoms with Crippen LogP contribution in [0.5, 0.6) is 0 Å². The van der Waals surface area contributed by atoms with Crippen LogP contribution in [0.4, 0.5) is 0 Å². The number of hydrogen-bond donors (Lipinski definition) is 0. The first-order chi connectivity index (χ1) is 15.5. The second-order valence-corrected chi connectivity index (χ2v) is 9.02. The number of halogens is 1. The molecular weight excluding hydrogens is 446 g/mol. The van der Waals surface area contributed by atoms with Crippen molar-refractivity contribution in [1.82, 2.24) is 24.1 Å². The van der Waals surface area contributed by atoms with Crippen molar-refractivity contribution in [3.63, 3.8) is 0 Å². The van der Waals surface area contributed by atoms with Gasteiger partial charge in [0, 0.05) is 33.4 Å². The molecule has 0 aliphatic carbocycles. The molecule has 0 radical (unpaired) electrons. The summed E-state index contributed by atoms with van der Waals surface area (Å²) in [5.41, 5.74) is 2.42. The molecule has 0 saturated heterocycles. The third-order valence-electron chi connectivity index (χ3n) is 5.42. The van der Waals surface area contributed by atoms with Gasteiger partial charge in [0.1, 0.15) is 4.83 Å². The van der Waals surface area contributed by atoms with Crippen molar-refractivity contribution in [2.45, 2.75) is 26.8 Å². The van der Waals surface area contributed by atoms with Crippen LogP contribution < -0.4 is 5.69 Å². The molecule has 4 aromatic heterocycles. The van der Waals surface area contributed by atoms with E-state index in [1.165, 1.54) is 20.4 Å². The minimum Gasteiger partial charge on any atom is -0.292 e. The molecule has 7 nitrogen and oxygen atoms in total. The summed E-state index contributed by atoms with van der Waals surface area (Å²) in [5, 5.41) is 5.89. The molecule has 0 bridgehead atoms. The smallest absolute Gasteiger partial charge is 0.292 e. The Hall–Kier alpha value is -3.36. The van der Waals surface area contributed by atoms with Gasteiger partial charge in [0.05, 0.1) is 11.9 Å². The van der Waals surface area contributed by atoms with Gasteiger partial charge in [-0.2, -0.15) is 4.52 Å². The molecule has 0 aliphatic rings. The van der Waals surface area contributed by atoms with Crippen LogP contribution in [0.3, 0.4) is 0 Å². The number of aryl methyl sites for hydroxylation is 2. The molecule has 0 amide bonds. The van der Waals surface area contributed by atoms with Crippen molar-refractivity contribution in [2.75, 3.05) is 0 Å². The van der Waals surface area contributed by atoms with Crippen LogP contribution in [0.1, 0.15) is 27.7 Å². The van der Waals surface area contributed by atoms with Gasteiger partial charge in [-0.3, -0.25) is 14.3 Å². The number of carbonyl (C=O) groups excluding carboxylic acids is 1. The Balaban J connectivity index is 1.75. The molecule has 5 aromatic rings. The van der Waals surface area contributed by atoms with Crippen molar-refractivity contribution in [2.24, 2.45) is 0 Å². The summed E-state index contributed by atoms with van der Waals surface area (Å²) in [6, 6.07) is 10.3. The lowest BCUT2D eigenvalue weighted by Gasteiger charge is -2.08. The topological polar surface area (TPSA) is 82.2 Å². The lowest BCUT2D eigenvalue weighted by molar-refractivity contribution is 0.0972. The highest BCUT2D eigenvalue weighted by molar-refractivity contribution is 7.19. The average Bonchev–Trinajstić information content (AvgIpc) is 3.38. The molecule has 0 unspecified atom stereocenters. The molecular formula is C23H18ClN5O2S. The first kappa shape index (κ1) is 20.5. The van der Waals surface area contributed by atoms with E-state index in [9.17, 15) is 9.59 Å². The molecule has 32 heavy (non-hydrogen) atoms. The molecule has 0 spiro atoms. The first-order valence-corrected chi connectivity index (χ1v) is 11.3. The van der Waals surface area contributed by atoms with E-state index in [1.54, 1.807) is 42.7 Å². The Bertz CT molecular complexity index is 1530. The van der Waals surface area contributed by atoms with Crippen molar-refractivity contribution in [1.29, 1.82) is 0 Å². The molecule has 160 valence electrons. The number of aromatic nitrogens is 5. The highest BCUT2D eigenvalue weighted by Crippen LogP contribution is 2.33. The zero-order chi connectivity index (χ0) is 22.4. The van der Waals surface area contributed by atoms with E-state index in [0.717, 1.165) is 32.6 Å². The van der Waals surface area contributed by atoms with Gasteiger partial charge in [-0.25, -0.2) is 9.78 Å². The van der Waals surface area contributed by atoms with E-state index in [2.05, 4.69) is 22.0 Å². The van der Waals surface area contributed by atoms with Gasteiger partial charge in [-0.1, -0.05) is 18.5 Å². The van der Waals surface area contributed by atoms with Gasteiger partial charge in [0.2, 0.25) is 0 Å². The van der Waals surface area contributed by atoms with Gasteiger partial charge < -0.3 is 0 Å². The second kappa shape index (κ2) is 7.96. The molecule has 1 aromatic carbocycles. The summed E-state index contributed by atoms with van der Waals surface area (Å²) in [5.74, 6) is 0.241. The number of ketones is 1. The van der Waals surface area contributed by atoms with Crippen molar-refractivity contribution in [3.05, 3.63) is 80.3 Å². The van der Waals surface area contributed by atoms with E-state index in [4.69, 9.17) is 11.6 Å². The summed E-state index contributed by atoms with van der Waals surface area (Å²) in [6.07, 6.45) is 4.11. The van der Waals surface area contributed by atoms with Crippen LogP contribution >= 0.6 is 22.9 Å². The molecule has 0 aliphatic heterocycles. The Morgan fingerprint density at radius 1 is 1.19 bits per heavy atom. The minimum atomic E-state index is -0.402. The summed E-state index contributed by atoms with van der Waals surface area (Å²) in [6.45, 7) is 3.99. The van der Waals surface area contributed by atoms with Crippen LogP contribution in [0, 0.1) is 6.92 Å². The second-order valence-electron chi connectivity index (χ2n) is 7.38. The van der Waals surface area contributed by atoms with Gasteiger partial charge in [0.25, 0.3) is 0 Å². The number of Topliss-reactive ketones (excluding diaryl/α,β-unsaturated/α-hetero) is 1. The van der Waals surface area contributed by atoms with Crippen LogP contribution in [0.2, 0.25) is 5.02 Å². The Kier molecular flexibility index (Phi) is 5.11. The zero-order valence-corrected chi connectivity index (χ0v) is 18.9. The molecule has 0 fully saturated rings. The van der Waals surface area contributed by atoms with Gasteiger partial charge in [-0.15, -0.1) is 16.4 Å². The maximum atomic E-state index is 13.5. The van der Waals surface area contributed by atoms with E-state index in [1.807, 2.05) is 13.0 Å². The van der Waals surface area contributed by atoms with Gasteiger partial charge in [0.15, 0.2) is 17.3 Å². The number of rotatable bonds is 5. The van der Waals surface area contributed by atoms with Crippen LogP contribution in [0.25, 0.3) is 27.3 Å². The Morgan fingerprint density at radius 3 is 2.66 bits per heavy atom. The normalized spacial score (nSPS) is 11.5. The third kappa shape index (κ3) is 3.32. The first-order valence-electron chi connectivity index (χ1n) is 10.1. The lowest BCUT2D eigenvalue weighted by Crippen LogP contribution is -2.30. The largest absolute Gasteiger partial charge is 0.352 e. The van der Waals surface area contributed by atoms with E-state index < -0.39 is 5.69 Å². The van der Waals surface area contributed by atoms with Crippen molar-refractivity contribution >= 4 is 44.6 Å². The number of pyridine rings is 1. The van der Waals surface area contributed by atoms with Crippen molar-refractivity contribution in [3.8, 4) is 11.4 Å². The number of nitrogens with zero attached hydrogens (tertiary/aromatic N) is 5. The molecule has 0 saturated carbocycles. The number of thiophene rings is 1. The third-order valence-corrected chi connectivity index (χ3v) is 6.84. The quantitative estimate of drug-likeness (QED) is 0.356. The van der Waals surface area contributed by atoms with Crippen molar-refractivity contribution < 1.29 is 4.79 Å². The fourth-order valence-corrected chi connectivity index (χ4v) is 5.20. The summed E-state index contributed by atoms with van der Waals surface area (Å²) >= 11 is 7.45. The zero-order valence-electron chi connectivity index (χ0n) is 17.4. The predicted molar refractivity (Wildman–Crippen MR) is 126 cm³/mol. The van der Waals surface area contributed by atoms with Gasteiger partial charge >= 0.3 is 5.69 Å². The highest BCUT2D eigenvalue weighted by atomic mass is 35.5. The monoisotopic (exact) mass is 463 g/mol. The lowest BCUT2D eigenvalue weighted by atomic mass is 10.1. The SMILES string of the molecule is CCc1c(C)sc2c1c1nc(-c3cccnc3)nn1c(=O)n2CC(=O)c1ccc(Cl)cc1. The molecule has 9 heteroatoms. The van der Waals surface area contributed by atoms with E-state index >= 15 is 0 Å². The van der Waals surface area contributed by atoms with Gasteiger partial charge in [-0.05, 0) is 55.3 Å². The molecule has 0 N–H and O–H groups in total. The number of benzene rings is 1. The van der Waals surface area contributed by atoms with Crippen LogP contribution in [-0.4, -0.2) is 29.9 Å². The summed E-state index contributed by atoms with van der Waals surface area (Å²) in [7, 11) is 0. The Labute approximate surface area is 191 Å². The average molecular weight is 464 g/mol. The Morgan fingerprint density at radius 2 is 1.97 bits per heavy atom. The number of hydrogen-bond acceptors (Lipinski definition) is 6. The van der Waals surface area contributed by atoms with Crippen LogP contribution in [0.15, 0.2) is 53.6 Å². The summed E-state index contributed by atoms with van der Waals surface area (Å²) in [4.78, 5) is 37.1. The maximum absolute atomic E-state index is 13.5. The standard InChI is InChI=1S/C23H18ClN5O2S/c1-3-17-13(2)32-22-19(17)21-26-20(15-5-4-10-25-11-15)27-29(21)23(31)28(22)12-18(30)14-6-8-16(24)9-7-14/h4-11H,3,12H2,1-2H3. The van der Waals surface area contributed by atoms with Crippen LogP contribution in [-0.2, 0) is 13.0 Å². The maximum Gasteiger partial charge on any atom is 0.352 e. The van der Waals surface area contributed by atoms with E-state index in [0.29, 0.717) is 22.1 Å². The number of carbonyl (C=O) groups is 1. The summed E-state index contributed by atoms with van der Waals surface area (Å²) < 4.78 is 2.79. The molecule has 0 atom stereocenters. The fraction of sp³-hybridized carbons (Fsp3) is 0.174. The predicted octanol–water partition coefficient (Wildman–Crippen LogP) is 4.57.